The number of nitrogens with zero attached hydrogens (tertiary/aromatic N) is 1. The molecule has 1 amide bonds. The summed E-state index contributed by atoms with van der Waals surface area (Å²) in [6.07, 6.45) is 9.41. The zero-order chi connectivity index (χ0) is 21.8. The maximum Gasteiger partial charge on any atom is 0.264 e. The number of hydrogen-bond acceptors (Lipinski definition) is 3. The molecule has 1 aliphatic carbocycles. The Morgan fingerprint density at radius 2 is 1.84 bits per heavy atom. The van der Waals surface area contributed by atoms with Gasteiger partial charge >= 0.3 is 0 Å². The van der Waals surface area contributed by atoms with Crippen LogP contribution in [-0.2, 0) is 16.4 Å². The molecular formula is C24H27ClN2O3S. The number of rotatable bonds is 6. The number of fused-ring (bicyclic) bond motifs is 1. The van der Waals surface area contributed by atoms with Gasteiger partial charge in [-0.3, -0.25) is 9.10 Å². The number of carbonyl (C=O) groups is 1. The number of hydrogen-bond donors (Lipinski definition) is 1. The summed E-state index contributed by atoms with van der Waals surface area (Å²) in [5.74, 6) is -0.114. The predicted molar refractivity (Wildman–Crippen MR) is 124 cm³/mol. The van der Waals surface area contributed by atoms with E-state index in [0.717, 1.165) is 31.2 Å². The predicted octanol–water partition coefficient (Wildman–Crippen LogP) is 5.10. The van der Waals surface area contributed by atoms with Crippen LogP contribution in [0.3, 0.4) is 0 Å². The second-order valence-corrected chi connectivity index (χ2v) is 10.4. The zero-order valence-corrected chi connectivity index (χ0v) is 19.0. The number of benzene rings is 2. The SMILES string of the molecule is O=C(NCCC1=CCCCC1)c1ccc2c(c1)CCCN2S(=O)(=O)c1ccc(Cl)cc1. The van der Waals surface area contributed by atoms with Crippen molar-refractivity contribution < 1.29 is 13.2 Å². The Morgan fingerprint density at radius 3 is 2.58 bits per heavy atom. The molecule has 0 saturated heterocycles. The van der Waals surface area contributed by atoms with E-state index in [1.807, 2.05) is 6.07 Å². The lowest BCUT2D eigenvalue weighted by molar-refractivity contribution is 0.0954. The highest BCUT2D eigenvalue weighted by atomic mass is 35.5. The molecule has 0 radical (unpaired) electrons. The van der Waals surface area contributed by atoms with Crippen LogP contribution in [0.1, 0.15) is 54.4 Å². The monoisotopic (exact) mass is 458 g/mol. The molecule has 0 spiro atoms. The third-order valence-electron chi connectivity index (χ3n) is 5.94. The molecule has 0 saturated carbocycles. The molecule has 0 bridgehead atoms. The highest BCUT2D eigenvalue weighted by Crippen LogP contribution is 2.33. The van der Waals surface area contributed by atoms with Crippen molar-refractivity contribution in [2.75, 3.05) is 17.4 Å². The summed E-state index contributed by atoms with van der Waals surface area (Å²) >= 11 is 5.91. The first-order valence-corrected chi connectivity index (χ1v) is 12.6. The van der Waals surface area contributed by atoms with Gasteiger partial charge in [-0.2, -0.15) is 0 Å². The number of allylic oxidation sites excluding steroid dienone is 1. The molecule has 1 N–H and O–H groups in total. The van der Waals surface area contributed by atoms with Crippen LogP contribution in [0.4, 0.5) is 5.69 Å². The maximum atomic E-state index is 13.2. The Kier molecular flexibility index (Phi) is 6.68. The first-order chi connectivity index (χ1) is 14.9. The second kappa shape index (κ2) is 9.45. The second-order valence-electron chi connectivity index (χ2n) is 8.09. The Hall–Kier alpha value is -2.31. The number of halogens is 1. The smallest absolute Gasteiger partial charge is 0.264 e. The van der Waals surface area contributed by atoms with Crippen molar-refractivity contribution in [3.8, 4) is 0 Å². The fourth-order valence-corrected chi connectivity index (χ4v) is 5.92. The summed E-state index contributed by atoms with van der Waals surface area (Å²) in [6, 6.07) is 11.5. The highest BCUT2D eigenvalue weighted by Gasteiger charge is 2.29. The molecule has 31 heavy (non-hydrogen) atoms. The van der Waals surface area contributed by atoms with Gasteiger partial charge in [-0.25, -0.2) is 8.42 Å². The van der Waals surface area contributed by atoms with Gasteiger partial charge in [0.15, 0.2) is 0 Å². The van der Waals surface area contributed by atoms with E-state index < -0.39 is 10.0 Å². The minimum Gasteiger partial charge on any atom is -0.352 e. The van der Waals surface area contributed by atoms with Crippen molar-refractivity contribution in [2.45, 2.75) is 49.8 Å². The average Bonchev–Trinajstić information content (AvgIpc) is 2.79. The van der Waals surface area contributed by atoms with E-state index in [9.17, 15) is 13.2 Å². The van der Waals surface area contributed by atoms with E-state index in [1.54, 1.807) is 24.3 Å². The van der Waals surface area contributed by atoms with E-state index in [2.05, 4.69) is 11.4 Å². The van der Waals surface area contributed by atoms with Crippen LogP contribution in [0.2, 0.25) is 5.02 Å². The fourth-order valence-electron chi connectivity index (χ4n) is 4.26. The Morgan fingerprint density at radius 1 is 1.03 bits per heavy atom. The van der Waals surface area contributed by atoms with Crippen molar-refractivity contribution in [2.24, 2.45) is 0 Å². The van der Waals surface area contributed by atoms with Gasteiger partial charge in [0.25, 0.3) is 15.9 Å². The molecule has 5 nitrogen and oxygen atoms in total. The molecular weight excluding hydrogens is 432 g/mol. The topological polar surface area (TPSA) is 66.5 Å². The summed E-state index contributed by atoms with van der Waals surface area (Å²) in [5.41, 5.74) is 3.53. The van der Waals surface area contributed by atoms with Gasteiger partial charge in [0, 0.05) is 23.7 Å². The first-order valence-electron chi connectivity index (χ1n) is 10.8. The standard InChI is InChI=1S/C24H27ClN2O3S/c25-21-9-11-22(12-10-21)31(29,30)27-16-4-7-19-17-20(8-13-23(19)27)24(28)26-15-14-18-5-2-1-3-6-18/h5,8-13,17H,1-4,6-7,14-16H2,(H,26,28). The molecule has 0 atom stereocenters. The lowest BCUT2D eigenvalue weighted by atomic mass is 9.97. The molecule has 164 valence electrons. The molecule has 2 aliphatic rings. The summed E-state index contributed by atoms with van der Waals surface area (Å²) < 4.78 is 27.8. The molecule has 1 aliphatic heterocycles. The Labute approximate surface area is 189 Å². The van der Waals surface area contributed by atoms with E-state index in [0.29, 0.717) is 35.8 Å². The highest BCUT2D eigenvalue weighted by molar-refractivity contribution is 7.92. The number of aryl methyl sites for hydroxylation is 1. The van der Waals surface area contributed by atoms with Crippen LogP contribution in [-0.4, -0.2) is 27.4 Å². The van der Waals surface area contributed by atoms with Gasteiger partial charge in [0.05, 0.1) is 10.6 Å². The minimum atomic E-state index is -3.68. The van der Waals surface area contributed by atoms with Crippen molar-refractivity contribution in [3.05, 3.63) is 70.3 Å². The molecule has 4 rings (SSSR count). The number of amides is 1. The number of carbonyl (C=O) groups excluding carboxylic acids is 1. The normalized spacial score (nSPS) is 16.4. The van der Waals surface area contributed by atoms with Crippen molar-refractivity contribution in [3.63, 3.8) is 0 Å². The molecule has 2 aromatic carbocycles. The Bertz CT molecular complexity index is 1090. The van der Waals surface area contributed by atoms with E-state index in [4.69, 9.17) is 11.6 Å². The molecule has 0 unspecified atom stereocenters. The lowest BCUT2D eigenvalue weighted by Gasteiger charge is -2.30. The van der Waals surface area contributed by atoms with Crippen molar-refractivity contribution >= 4 is 33.2 Å². The van der Waals surface area contributed by atoms with Crippen LogP contribution in [0, 0.1) is 0 Å². The van der Waals surface area contributed by atoms with Gasteiger partial charge < -0.3 is 5.32 Å². The summed E-state index contributed by atoms with van der Waals surface area (Å²) in [6.45, 7) is 1.04. The fraction of sp³-hybridized carbons (Fsp3) is 0.375. The van der Waals surface area contributed by atoms with Gasteiger partial charge in [0.1, 0.15) is 0 Å². The molecule has 0 fully saturated rings. The minimum absolute atomic E-state index is 0.114. The summed E-state index contributed by atoms with van der Waals surface area (Å²) in [7, 11) is -3.68. The number of anilines is 1. The maximum absolute atomic E-state index is 13.2. The van der Waals surface area contributed by atoms with Crippen LogP contribution in [0.5, 0.6) is 0 Å². The van der Waals surface area contributed by atoms with Crippen LogP contribution >= 0.6 is 11.6 Å². The van der Waals surface area contributed by atoms with E-state index in [1.165, 1.54) is 34.9 Å². The van der Waals surface area contributed by atoms with Crippen molar-refractivity contribution in [1.29, 1.82) is 0 Å². The van der Waals surface area contributed by atoms with Gasteiger partial charge in [-0.05, 0) is 93.0 Å². The Balaban J connectivity index is 1.48. The zero-order valence-electron chi connectivity index (χ0n) is 17.4. The third-order valence-corrected chi connectivity index (χ3v) is 8.02. The third kappa shape index (κ3) is 4.96. The van der Waals surface area contributed by atoms with Crippen LogP contribution in [0.15, 0.2) is 59.0 Å². The van der Waals surface area contributed by atoms with Crippen LogP contribution < -0.4 is 9.62 Å². The average molecular weight is 459 g/mol. The lowest BCUT2D eigenvalue weighted by Crippen LogP contribution is -2.35. The van der Waals surface area contributed by atoms with Gasteiger partial charge in [-0.15, -0.1) is 0 Å². The number of sulfonamides is 1. The largest absolute Gasteiger partial charge is 0.352 e. The van der Waals surface area contributed by atoms with Crippen molar-refractivity contribution in [1.82, 2.24) is 5.32 Å². The van der Waals surface area contributed by atoms with Gasteiger partial charge in [-0.1, -0.05) is 23.3 Å². The molecule has 7 heteroatoms. The first kappa shape index (κ1) is 21.9. The summed E-state index contributed by atoms with van der Waals surface area (Å²) in [5, 5.41) is 3.50. The van der Waals surface area contributed by atoms with Gasteiger partial charge in [0.2, 0.25) is 0 Å². The number of nitrogens with one attached hydrogen (secondary N) is 1. The van der Waals surface area contributed by atoms with E-state index in [-0.39, 0.29) is 10.8 Å². The molecule has 1 heterocycles. The van der Waals surface area contributed by atoms with E-state index >= 15 is 0 Å². The molecule has 2 aromatic rings. The molecule has 0 aromatic heterocycles. The van der Waals surface area contributed by atoms with Crippen LogP contribution in [0.25, 0.3) is 0 Å². The quantitative estimate of drug-likeness (QED) is 0.612. The summed E-state index contributed by atoms with van der Waals surface area (Å²) in [4.78, 5) is 12.8.